The number of hydrogen-bond donors (Lipinski definition) is 2. The molecular weight excluding hydrogens is 300 g/mol. The Hall–Kier alpha value is -0.160. The van der Waals surface area contributed by atoms with Crippen molar-refractivity contribution in [3.05, 3.63) is 0 Å². The summed E-state index contributed by atoms with van der Waals surface area (Å²) in [5, 5.41) is 20.1. The quantitative estimate of drug-likeness (QED) is 0.824. The van der Waals surface area contributed by atoms with E-state index in [2.05, 4.69) is 38.0 Å². The van der Waals surface area contributed by atoms with Crippen molar-refractivity contribution in [3.8, 4) is 0 Å². The van der Waals surface area contributed by atoms with E-state index in [1.807, 2.05) is 13.8 Å². The number of nitrogens with zero attached hydrogens (tertiary/aromatic N) is 2. The second kappa shape index (κ2) is 9.51. The predicted octanol–water partition coefficient (Wildman–Crippen LogP) is 2.98. The highest BCUT2D eigenvalue weighted by atomic mass is 16.3. The molecule has 2 N–H and O–H groups in total. The van der Waals surface area contributed by atoms with Gasteiger partial charge in [-0.2, -0.15) is 0 Å². The van der Waals surface area contributed by atoms with Gasteiger partial charge in [-0.25, -0.2) is 0 Å². The molecule has 4 heteroatoms. The molecule has 0 spiro atoms. The minimum atomic E-state index is -0.414. The number of aliphatic hydroxyl groups is 2. The molecule has 2 aliphatic rings. The van der Waals surface area contributed by atoms with Crippen LogP contribution >= 0.6 is 0 Å². The van der Waals surface area contributed by atoms with Gasteiger partial charge >= 0.3 is 0 Å². The molecule has 0 unspecified atom stereocenters. The maximum atomic E-state index is 10.1. The molecule has 0 aromatic rings. The van der Waals surface area contributed by atoms with Crippen molar-refractivity contribution in [2.45, 2.75) is 76.4 Å². The molecule has 0 saturated heterocycles. The molecular formula is C20H42N2O2. The van der Waals surface area contributed by atoms with Crippen LogP contribution in [0.5, 0.6) is 0 Å². The molecule has 0 aromatic carbocycles. The summed E-state index contributed by atoms with van der Waals surface area (Å²) in [4.78, 5) is 4.34. The summed E-state index contributed by atoms with van der Waals surface area (Å²) in [5.74, 6) is 0.947. The van der Waals surface area contributed by atoms with Crippen molar-refractivity contribution >= 4 is 0 Å². The molecule has 2 rings (SSSR count). The van der Waals surface area contributed by atoms with Crippen molar-refractivity contribution in [3.63, 3.8) is 0 Å². The molecule has 24 heavy (non-hydrogen) atoms. The second-order valence-electron chi connectivity index (χ2n) is 9.12. The van der Waals surface area contributed by atoms with E-state index in [0.29, 0.717) is 11.8 Å². The van der Waals surface area contributed by atoms with E-state index < -0.39 is 11.2 Å². The summed E-state index contributed by atoms with van der Waals surface area (Å²) in [5.41, 5.74) is -0.828. The molecule has 2 aliphatic carbocycles. The van der Waals surface area contributed by atoms with Crippen LogP contribution in [0.15, 0.2) is 0 Å². The van der Waals surface area contributed by atoms with Gasteiger partial charge in [0.25, 0.3) is 0 Å². The molecule has 0 heterocycles. The first-order chi connectivity index (χ1) is 11.0. The lowest BCUT2D eigenvalue weighted by atomic mass is 9.76. The minimum absolute atomic E-state index is 0.414. The van der Waals surface area contributed by atoms with Crippen LogP contribution in [-0.2, 0) is 0 Å². The molecule has 144 valence electrons. The summed E-state index contributed by atoms with van der Waals surface area (Å²) in [6.45, 7) is 6.01. The average Bonchev–Trinajstić information content (AvgIpc) is 2.43. The van der Waals surface area contributed by atoms with Crippen molar-refractivity contribution in [1.29, 1.82) is 0 Å². The van der Waals surface area contributed by atoms with Gasteiger partial charge in [0.15, 0.2) is 0 Å². The fourth-order valence-corrected chi connectivity index (χ4v) is 4.23. The second-order valence-corrected chi connectivity index (χ2v) is 9.12. The van der Waals surface area contributed by atoms with Gasteiger partial charge < -0.3 is 20.0 Å². The van der Waals surface area contributed by atoms with Crippen molar-refractivity contribution in [2.24, 2.45) is 11.8 Å². The highest BCUT2D eigenvalue weighted by Gasteiger charge is 2.35. The normalized spacial score (nSPS) is 37.2. The third-order valence-corrected chi connectivity index (χ3v) is 5.90. The van der Waals surface area contributed by atoms with Gasteiger partial charge in [-0.05, 0) is 67.7 Å². The van der Waals surface area contributed by atoms with Crippen molar-refractivity contribution in [1.82, 2.24) is 9.80 Å². The molecule has 2 saturated carbocycles. The SMILES string of the molecule is CN(C)C[C@@H]1CCCC[C@@]1(C)O.CN(C)C[C@H]1CCCC[C@]1(C)O. The first-order valence-corrected chi connectivity index (χ1v) is 9.79. The van der Waals surface area contributed by atoms with Crippen LogP contribution in [-0.4, -0.2) is 72.5 Å². The topological polar surface area (TPSA) is 46.9 Å². The summed E-state index contributed by atoms with van der Waals surface area (Å²) in [6.07, 6.45) is 9.28. The maximum absolute atomic E-state index is 10.1. The van der Waals surface area contributed by atoms with Crippen molar-refractivity contribution in [2.75, 3.05) is 41.3 Å². The first-order valence-electron chi connectivity index (χ1n) is 9.79. The van der Waals surface area contributed by atoms with Crippen LogP contribution in [0.3, 0.4) is 0 Å². The Morgan fingerprint density at radius 3 is 1.29 bits per heavy atom. The lowest BCUT2D eigenvalue weighted by Gasteiger charge is -2.38. The summed E-state index contributed by atoms with van der Waals surface area (Å²) >= 11 is 0. The van der Waals surface area contributed by atoms with Gasteiger partial charge in [-0.1, -0.05) is 25.7 Å². The van der Waals surface area contributed by atoms with Gasteiger partial charge in [0.05, 0.1) is 11.2 Å². The summed E-state index contributed by atoms with van der Waals surface area (Å²) in [7, 11) is 8.30. The molecule has 0 amide bonds. The lowest BCUT2D eigenvalue weighted by molar-refractivity contribution is -0.0401. The molecule has 2 fully saturated rings. The Morgan fingerprint density at radius 2 is 1.04 bits per heavy atom. The van der Waals surface area contributed by atoms with Gasteiger partial charge in [-0.15, -0.1) is 0 Å². The molecule has 0 aromatic heterocycles. The highest BCUT2D eigenvalue weighted by Crippen LogP contribution is 2.34. The highest BCUT2D eigenvalue weighted by molar-refractivity contribution is 4.87. The van der Waals surface area contributed by atoms with Crippen LogP contribution in [0.25, 0.3) is 0 Å². The fourth-order valence-electron chi connectivity index (χ4n) is 4.23. The fraction of sp³-hybridized carbons (Fsp3) is 1.00. The van der Waals surface area contributed by atoms with Crippen molar-refractivity contribution < 1.29 is 10.2 Å². The maximum Gasteiger partial charge on any atom is 0.0660 e. The Morgan fingerprint density at radius 1 is 0.708 bits per heavy atom. The van der Waals surface area contributed by atoms with E-state index in [9.17, 15) is 10.2 Å². The Kier molecular flexibility index (Phi) is 8.67. The molecule has 0 radical (unpaired) electrons. The third-order valence-electron chi connectivity index (χ3n) is 5.90. The zero-order valence-corrected chi connectivity index (χ0v) is 17.0. The average molecular weight is 343 g/mol. The smallest absolute Gasteiger partial charge is 0.0660 e. The van der Waals surface area contributed by atoms with Crippen LogP contribution < -0.4 is 0 Å². The van der Waals surface area contributed by atoms with Crippen LogP contribution in [0, 0.1) is 11.8 Å². The summed E-state index contributed by atoms with van der Waals surface area (Å²) in [6, 6.07) is 0. The third kappa shape index (κ3) is 7.38. The van der Waals surface area contributed by atoms with E-state index in [4.69, 9.17) is 0 Å². The van der Waals surface area contributed by atoms with Gasteiger partial charge in [0.2, 0.25) is 0 Å². The van der Waals surface area contributed by atoms with Crippen LogP contribution in [0.4, 0.5) is 0 Å². The predicted molar refractivity (Wildman–Crippen MR) is 102 cm³/mol. The van der Waals surface area contributed by atoms with E-state index >= 15 is 0 Å². The Labute approximate surface area is 150 Å². The van der Waals surface area contributed by atoms with E-state index in [0.717, 1.165) is 25.9 Å². The zero-order chi connectivity index (χ0) is 18.4. The van der Waals surface area contributed by atoms with E-state index in [-0.39, 0.29) is 0 Å². The number of hydrogen-bond acceptors (Lipinski definition) is 4. The standard InChI is InChI=1S/2C10H21NO/c2*1-10(12)7-5-4-6-9(10)8-11(2)3/h2*9,12H,4-8H2,1-3H3/t2*9-,10+/m10/s1. The van der Waals surface area contributed by atoms with E-state index in [1.54, 1.807) is 0 Å². The summed E-state index contributed by atoms with van der Waals surface area (Å²) < 4.78 is 0. The van der Waals surface area contributed by atoms with Gasteiger partial charge in [0, 0.05) is 24.9 Å². The van der Waals surface area contributed by atoms with Crippen LogP contribution in [0.2, 0.25) is 0 Å². The monoisotopic (exact) mass is 342 g/mol. The Bertz CT molecular complexity index is 320. The molecule has 0 bridgehead atoms. The minimum Gasteiger partial charge on any atom is -0.390 e. The molecule has 0 aliphatic heterocycles. The van der Waals surface area contributed by atoms with Gasteiger partial charge in [0.1, 0.15) is 0 Å². The number of rotatable bonds is 4. The largest absolute Gasteiger partial charge is 0.390 e. The Balaban J connectivity index is 0.000000240. The molecule has 4 atom stereocenters. The molecule has 4 nitrogen and oxygen atoms in total. The van der Waals surface area contributed by atoms with E-state index in [1.165, 1.54) is 38.5 Å². The first kappa shape index (κ1) is 21.9. The van der Waals surface area contributed by atoms with Crippen LogP contribution in [0.1, 0.15) is 65.2 Å². The zero-order valence-electron chi connectivity index (χ0n) is 17.0. The lowest BCUT2D eigenvalue weighted by Crippen LogP contribution is -2.42. The van der Waals surface area contributed by atoms with Gasteiger partial charge in [-0.3, -0.25) is 0 Å².